The molecule has 0 aliphatic heterocycles. The molecule has 0 amide bonds. The topological polar surface area (TPSA) is 104 Å². The third-order valence-electron chi connectivity index (χ3n) is 3.61. The molecule has 0 radical (unpaired) electrons. The zero-order valence-corrected chi connectivity index (χ0v) is 11.3. The highest BCUT2D eigenvalue weighted by Gasteiger charge is 2.23. The zero-order chi connectivity index (χ0) is 13.7. The molecule has 2 aromatic heterocycles. The van der Waals surface area contributed by atoms with Crippen molar-refractivity contribution in [3.05, 3.63) is 31.1 Å². The lowest BCUT2D eigenvalue weighted by molar-refractivity contribution is 0.509. The highest BCUT2D eigenvalue weighted by Crippen LogP contribution is 2.38. The smallest absolute Gasteiger partial charge is 0.338 e. The first-order valence-electron chi connectivity index (χ1n) is 6.11. The van der Waals surface area contributed by atoms with E-state index in [-0.39, 0.29) is 5.82 Å². The van der Waals surface area contributed by atoms with Gasteiger partial charge in [-0.05, 0) is 30.7 Å². The second-order valence-corrected chi connectivity index (χ2v) is 6.09. The van der Waals surface area contributed by atoms with Gasteiger partial charge in [-0.2, -0.15) is 4.98 Å². The van der Waals surface area contributed by atoms with Crippen LogP contribution < -0.4 is 22.7 Å². The van der Waals surface area contributed by atoms with E-state index in [1.54, 1.807) is 0 Å². The van der Waals surface area contributed by atoms with Gasteiger partial charge in [-0.25, -0.2) is 4.68 Å². The van der Waals surface area contributed by atoms with E-state index in [9.17, 15) is 9.59 Å². The number of nitrogens with zero attached hydrogens (tertiary/aromatic N) is 2. The van der Waals surface area contributed by atoms with Crippen LogP contribution in [0.15, 0.2) is 9.59 Å². The summed E-state index contributed by atoms with van der Waals surface area (Å²) >= 11 is 1.44. The maximum Gasteiger partial charge on any atom is 0.338 e. The van der Waals surface area contributed by atoms with Crippen molar-refractivity contribution in [3.8, 4) is 0 Å². The minimum Gasteiger partial charge on any atom is -0.383 e. The Morgan fingerprint density at radius 2 is 2.16 bits per heavy atom. The predicted molar refractivity (Wildman–Crippen MR) is 75.9 cm³/mol. The van der Waals surface area contributed by atoms with Crippen LogP contribution in [0.2, 0.25) is 0 Å². The number of hydrogen-bond acceptors (Lipinski definition) is 6. The summed E-state index contributed by atoms with van der Waals surface area (Å²) < 4.78 is 0.711. The molecule has 0 saturated heterocycles. The van der Waals surface area contributed by atoms with Crippen molar-refractivity contribution in [2.24, 2.45) is 5.92 Å². The van der Waals surface area contributed by atoms with Gasteiger partial charge in [-0.1, -0.05) is 6.92 Å². The van der Waals surface area contributed by atoms with Crippen LogP contribution in [0.3, 0.4) is 0 Å². The van der Waals surface area contributed by atoms with Crippen molar-refractivity contribution in [2.45, 2.75) is 26.2 Å². The molecule has 2 heterocycles. The summed E-state index contributed by atoms with van der Waals surface area (Å²) in [5, 5.41) is 0.675. The molecule has 2 aromatic rings. The van der Waals surface area contributed by atoms with Crippen molar-refractivity contribution in [1.82, 2.24) is 9.66 Å². The maximum absolute atomic E-state index is 11.6. The van der Waals surface area contributed by atoms with Crippen molar-refractivity contribution < 1.29 is 0 Å². The van der Waals surface area contributed by atoms with Crippen LogP contribution in [0.4, 0.5) is 5.82 Å². The lowest BCUT2D eigenvalue weighted by Gasteiger charge is -2.17. The molecule has 1 atom stereocenters. The molecule has 19 heavy (non-hydrogen) atoms. The first-order valence-corrected chi connectivity index (χ1v) is 6.93. The van der Waals surface area contributed by atoms with Gasteiger partial charge in [0, 0.05) is 4.88 Å². The molecule has 7 heteroatoms. The maximum atomic E-state index is 11.6. The van der Waals surface area contributed by atoms with Crippen LogP contribution in [0.5, 0.6) is 0 Å². The third-order valence-corrected chi connectivity index (χ3v) is 4.76. The van der Waals surface area contributed by atoms with E-state index in [1.807, 2.05) is 0 Å². The fourth-order valence-electron chi connectivity index (χ4n) is 2.55. The second kappa shape index (κ2) is 4.06. The lowest BCUT2D eigenvalue weighted by Crippen LogP contribution is -2.38. The van der Waals surface area contributed by atoms with Gasteiger partial charge < -0.3 is 11.6 Å². The average molecular weight is 278 g/mol. The van der Waals surface area contributed by atoms with E-state index < -0.39 is 11.1 Å². The molecular weight excluding hydrogens is 264 g/mol. The summed E-state index contributed by atoms with van der Waals surface area (Å²) in [6.07, 6.45) is 2.91. The Kier molecular flexibility index (Phi) is 2.60. The Bertz CT molecular complexity index is 793. The van der Waals surface area contributed by atoms with Crippen molar-refractivity contribution in [3.63, 3.8) is 0 Å². The van der Waals surface area contributed by atoms with Gasteiger partial charge in [0.25, 0.3) is 0 Å². The molecule has 1 aliphatic carbocycles. The number of nitrogens with two attached hydrogens (primary N) is 2. The third kappa shape index (κ3) is 1.73. The largest absolute Gasteiger partial charge is 0.383 e. The summed E-state index contributed by atoms with van der Waals surface area (Å²) in [7, 11) is 0. The molecule has 6 nitrogen and oxygen atoms in total. The average Bonchev–Trinajstić information content (AvgIpc) is 2.69. The first-order chi connectivity index (χ1) is 8.99. The Balaban J connectivity index is 2.47. The molecule has 0 spiro atoms. The molecule has 0 aromatic carbocycles. The number of fused-ring (bicyclic) bond motifs is 3. The van der Waals surface area contributed by atoms with Gasteiger partial charge in [-0.15, -0.1) is 11.3 Å². The number of nitrogen functional groups attached to an aromatic ring is 2. The summed E-state index contributed by atoms with van der Waals surface area (Å²) in [6.45, 7) is 2.20. The van der Waals surface area contributed by atoms with Crippen molar-refractivity contribution in [2.75, 3.05) is 11.6 Å². The fourth-order valence-corrected chi connectivity index (χ4v) is 3.94. The van der Waals surface area contributed by atoms with Gasteiger partial charge in [0.1, 0.15) is 10.6 Å². The number of anilines is 1. The molecular formula is C12H14N4O2S. The summed E-state index contributed by atoms with van der Waals surface area (Å²) in [5.74, 6) is 6.33. The number of thiophene rings is 1. The normalized spacial score (nSPS) is 18.5. The molecule has 0 bridgehead atoms. The quantitative estimate of drug-likeness (QED) is 0.530. The number of rotatable bonds is 0. The van der Waals surface area contributed by atoms with Gasteiger partial charge in [0.15, 0.2) is 0 Å². The fraction of sp³-hybridized carbons (Fsp3) is 0.417. The highest BCUT2D eigenvalue weighted by molar-refractivity contribution is 7.18. The van der Waals surface area contributed by atoms with Crippen LogP contribution in [0.1, 0.15) is 23.8 Å². The minimum absolute atomic E-state index is 0.127. The van der Waals surface area contributed by atoms with Crippen molar-refractivity contribution in [1.29, 1.82) is 0 Å². The summed E-state index contributed by atoms with van der Waals surface area (Å²) in [4.78, 5) is 28.8. The van der Waals surface area contributed by atoms with Gasteiger partial charge in [0.05, 0.1) is 5.39 Å². The van der Waals surface area contributed by atoms with Crippen LogP contribution in [0.25, 0.3) is 10.2 Å². The second-order valence-electron chi connectivity index (χ2n) is 5.01. The lowest BCUT2D eigenvalue weighted by atomic mass is 9.89. The first kappa shape index (κ1) is 12.2. The standard InChI is InChI=1S/C12H14N4O2S/c1-5-2-3-6-7(4-5)19-11-8(6)9(13)16(14)12(18)10(17)15-11/h5H,2-4,13-14H2,1H3. The van der Waals surface area contributed by atoms with Gasteiger partial charge in [0.2, 0.25) is 0 Å². The SMILES string of the molecule is CC1CCc2c(sc3nc(=O)c(=O)n(N)c(N)c23)C1. The Morgan fingerprint density at radius 1 is 1.42 bits per heavy atom. The minimum atomic E-state index is -0.890. The number of aryl methyl sites for hydroxylation is 1. The van der Waals surface area contributed by atoms with Gasteiger partial charge in [-0.3, -0.25) is 9.59 Å². The number of aromatic nitrogens is 2. The molecule has 1 aliphatic rings. The van der Waals surface area contributed by atoms with Gasteiger partial charge >= 0.3 is 11.1 Å². The molecule has 3 rings (SSSR count). The monoisotopic (exact) mass is 278 g/mol. The molecule has 0 saturated carbocycles. The predicted octanol–water partition coefficient (Wildman–Crippen LogP) is 0.239. The Labute approximate surface area is 112 Å². The molecule has 4 N–H and O–H groups in total. The number of hydrogen-bond donors (Lipinski definition) is 2. The molecule has 100 valence electrons. The van der Waals surface area contributed by atoms with Crippen LogP contribution in [0, 0.1) is 5.92 Å². The summed E-state index contributed by atoms with van der Waals surface area (Å²) in [5.41, 5.74) is 5.28. The van der Waals surface area contributed by atoms with E-state index in [0.717, 1.165) is 24.8 Å². The summed E-state index contributed by atoms with van der Waals surface area (Å²) in [6, 6.07) is 0. The highest BCUT2D eigenvalue weighted by atomic mass is 32.1. The Morgan fingerprint density at radius 3 is 2.89 bits per heavy atom. The van der Waals surface area contributed by atoms with Crippen LogP contribution in [-0.4, -0.2) is 9.66 Å². The zero-order valence-electron chi connectivity index (χ0n) is 10.5. The van der Waals surface area contributed by atoms with Crippen LogP contribution >= 0.6 is 11.3 Å². The van der Waals surface area contributed by atoms with E-state index in [0.29, 0.717) is 20.8 Å². The van der Waals surface area contributed by atoms with Crippen LogP contribution in [-0.2, 0) is 12.8 Å². The van der Waals surface area contributed by atoms with E-state index in [2.05, 4.69) is 11.9 Å². The van der Waals surface area contributed by atoms with Crippen molar-refractivity contribution >= 4 is 27.4 Å². The molecule has 0 fully saturated rings. The Hall–Kier alpha value is -1.89. The van der Waals surface area contributed by atoms with E-state index in [1.165, 1.54) is 16.2 Å². The van der Waals surface area contributed by atoms with E-state index >= 15 is 0 Å². The van der Waals surface area contributed by atoms with E-state index in [4.69, 9.17) is 11.6 Å². The molecule has 1 unspecified atom stereocenters.